The number of rotatable bonds is 6. The van der Waals surface area contributed by atoms with Crippen LogP contribution in [0.1, 0.15) is 45.6 Å². The molecule has 0 bridgehead atoms. The van der Waals surface area contributed by atoms with E-state index in [9.17, 15) is 10.2 Å². The van der Waals surface area contributed by atoms with Gasteiger partial charge in [-0.05, 0) is 101 Å². The second kappa shape index (κ2) is 21.6. The van der Waals surface area contributed by atoms with Crippen molar-refractivity contribution in [2.45, 2.75) is 18.6 Å². The third-order valence-electron chi connectivity index (χ3n) is 7.11. The normalized spacial score (nSPS) is 11.2. The number of nitrogens with zero attached hydrogens (tertiary/aromatic N) is 4. The molecule has 4 heterocycles. The number of halogens is 3. The number of hydrogen-bond acceptors (Lipinski definition) is 8. The number of nitrogens with two attached hydrogens (primary N) is 2. The highest BCUT2D eigenvalue weighted by Crippen LogP contribution is 2.24. The zero-order chi connectivity index (χ0) is 37.1. The Hall–Kier alpha value is -4.78. The van der Waals surface area contributed by atoms with Crippen molar-refractivity contribution in [1.29, 1.82) is 0 Å². The monoisotopic (exact) mass is 882 g/mol. The van der Waals surface area contributed by atoms with Crippen LogP contribution >= 0.6 is 47.8 Å². The maximum atomic E-state index is 10.1. The molecular weight excluding hydrogens is 848 g/mol. The van der Waals surface area contributed by atoms with E-state index < -0.39 is 12.2 Å². The molecule has 0 aliphatic heterocycles. The Morgan fingerprint density at radius 3 is 1.27 bits per heavy atom. The highest BCUT2D eigenvalue weighted by molar-refractivity contribution is 9.11. The van der Waals surface area contributed by atoms with Gasteiger partial charge < -0.3 is 21.7 Å². The number of nitrogen functional groups attached to an aromatic ring is 2. The molecular formula is C41H37Br3N6O2. The van der Waals surface area contributed by atoms with Gasteiger partial charge in [-0.2, -0.15) is 0 Å². The molecule has 0 aliphatic carbocycles. The molecule has 0 fully saturated rings. The van der Waals surface area contributed by atoms with Gasteiger partial charge in [-0.3, -0.25) is 19.9 Å². The van der Waals surface area contributed by atoms with Crippen molar-refractivity contribution < 1.29 is 10.2 Å². The summed E-state index contributed by atoms with van der Waals surface area (Å²) in [5.41, 5.74) is 18.2. The van der Waals surface area contributed by atoms with Gasteiger partial charge in [0.25, 0.3) is 0 Å². The molecule has 4 aromatic heterocycles. The van der Waals surface area contributed by atoms with E-state index in [2.05, 4.69) is 79.9 Å². The molecule has 2 unspecified atom stereocenters. The van der Waals surface area contributed by atoms with Gasteiger partial charge in [0, 0.05) is 74.1 Å². The Balaban J connectivity index is 0.000000159. The minimum Gasteiger partial charge on any atom is -0.397 e. The molecule has 7 aromatic rings. The van der Waals surface area contributed by atoms with Crippen LogP contribution in [0.3, 0.4) is 0 Å². The van der Waals surface area contributed by atoms with E-state index in [4.69, 9.17) is 11.5 Å². The van der Waals surface area contributed by atoms with Gasteiger partial charge in [-0.15, -0.1) is 0 Å². The van der Waals surface area contributed by atoms with Crippen LogP contribution in [0.2, 0.25) is 0 Å². The van der Waals surface area contributed by atoms with Gasteiger partial charge in [-0.1, -0.05) is 91.0 Å². The molecule has 11 heteroatoms. The quantitative estimate of drug-likeness (QED) is 0.129. The van der Waals surface area contributed by atoms with Crippen molar-refractivity contribution >= 4 is 59.2 Å². The summed E-state index contributed by atoms with van der Waals surface area (Å²) in [6.45, 7) is 0. The molecule has 6 N–H and O–H groups in total. The fraction of sp³-hybridized carbons (Fsp3) is 0.0732. The number of benzene rings is 3. The zero-order valence-electron chi connectivity index (χ0n) is 27.9. The first-order chi connectivity index (χ1) is 25.2. The molecule has 0 spiro atoms. The van der Waals surface area contributed by atoms with Gasteiger partial charge in [0.05, 0.1) is 11.4 Å². The minimum absolute atomic E-state index is 0.558. The number of aromatic nitrogens is 4. The van der Waals surface area contributed by atoms with Crippen LogP contribution in [0.25, 0.3) is 0 Å². The molecule has 0 saturated carbocycles. The van der Waals surface area contributed by atoms with E-state index in [0.29, 0.717) is 11.3 Å². The lowest BCUT2D eigenvalue weighted by molar-refractivity contribution is 0.219. The molecule has 7 rings (SSSR count). The van der Waals surface area contributed by atoms with Crippen molar-refractivity contribution in [3.8, 4) is 0 Å². The van der Waals surface area contributed by atoms with Gasteiger partial charge in [0.15, 0.2) is 0 Å². The summed E-state index contributed by atoms with van der Waals surface area (Å²) in [5.74, 6) is 0. The van der Waals surface area contributed by atoms with Crippen molar-refractivity contribution in [2.75, 3.05) is 11.5 Å². The fourth-order valence-electron chi connectivity index (χ4n) is 4.68. The lowest BCUT2D eigenvalue weighted by atomic mass is 10.0. The number of hydrogen-bond donors (Lipinski definition) is 4. The smallest absolute Gasteiger partial charge is 0.106 e. The number of aliphatic hydroxyl groups excluding tert-OH is 2. The maximum absolute atomic E-state index is 10.1. The van der Waals surface area contributed by atoms with Crippen LogP contribution in [0, 0.1) is 0 Å². The average Bonchev–Trinajstić information content (AvgIpc) is 3.16. The van der Waals surface area contributed by atoms with Crippen LogP contribution in [-0.2, 0) is 6.42 Å². The second-order valence-electron chi connectivity index (χ2n) is 11.2. The summed E-state index contributed by atoms with van der Waals surface area (Å²) in [6, 6.07) is 36.7. The topological polar surface area (TPSA) is 144 Å². The average molecular weight is 885 g/mol. The van der Waals surface area contributed by atoms with Crippen LogP contribution in [0.15, 0.2) is 178 Å². The third kappa shape index (κ3) is 14.1. The van der Waals surface area contributed by atoms with E-state index in [0.717, 1.165) is 47.8 Å². The Morgan fingerprint density at radius 2 is 0.827 bits per heavy atom. The van der Waals surface area contributed by atoms with Gasteiger partial charge in [-0.25, -0.2) is 0 Å². The minimum atomic E-state index is -0.665. The lowest BCUT2D eigenvalue weighted by Gasteiger charge is -2.10. The number of anilines is 2. The fourth-order valence-corrected chi connectivity index (χ4v) is 6.10. The molecule has 0 saturated heterocycles. The first-order valence-electron chi connectivity index (χ1n) is 15.9. The largest absolute Gasteiger partial charge is 0.397 e. The molecule has 0 aliphatic rings. The van der Waals surface area contributed by atoms with Gasteiger partial charge in [0.1, 0.15) is 12.2 Å². The molecule has 0 radical (unpaired) electrons. The Bertz CT molecular complexity index is 1970. The zero-order valence-corrected chi connectivity index (χ0v) is 32.7. The first kappa shape index (κ1) is 40.0. The van der Waals surface area contributed by atoms with E-state index in [-0.39, 0.29) is 0 Å². The van der Waals surface area contributed by atoms with E-state index in [1.54, 1.807) is 49.4 Å². The lowest BCUT2D eigenvalue weighted by Crippen LogP contribution is -2.01. The Labute approximate surface area is 329 Å². The summed E-state index contributed by atoms with van der Waals surface area (Å²) in [6.07, 6.45) is 13.1. The van der Waals surface area contributed by atoms with Crippen LogP contribution in [0.4, 0.5) is 11.4 Å². The molecule has 2 atom stereocenters. The Kier molecular flexibility index (Phi) is 16.6. The van der Waals surface area contributed by atoms with Crippen LogP contribution in [0.5, 0.6) is 0 Å². The molecule has 3 aromatic carbocycles. The summed E-state index contributed by atoms with van der Waals surface area (Å²) in [7, 11) is 0. The van der Waals surface area contributed by atoms with E-state index in [1.165, 1.54) is 5.56 Å². The van der Waals surface area contributed by atoms with E-state index >= 15 is 0 Å². The highest BCUT2D eigenvalue weighted by atomic mass is 79.9. The van der Waals surface area contributed by atoms with Crippen molar-refractivity contribution in [2.24, 2.45) is 0 Å². The predicted octanol–water partition coefficient (Wildman–Crippen LogP) is 9.53. The molecule has 0 amide bonds. The first-order valence-corrected chi connectivity index (χ1v) is 18.3. The predicted molar refractivity (Wildman–Crippen MR) is 219 cm³/mol. The maximum Gasteiger partial charge on any atom is 0.106 e. The standard InChI is InChI=1S/C12H10BrNO.C12H12N2O.C12H12N2.C5H3Br2N/c2*13-11-6-10(7-14-8-11)12(15)9-4-2-1-3-5-9;13-12-7-11(8-14-9-12)6-10-4-2-1-3-5-10;6-4-1-5(7)3-8-2-4/h1-8,12,15H;1-8,12,15H,13H2;1-5,7-9H,6,13H2;1-3H. The summed E-state index contributed by atoms with van der Waals surface area (Å²) < 4.78 is 2.86. The van der Waals surface area contributed by atoms with Crippen LogP contribution in [-0.4, -0.2) is 30.1 Å². The van der Waals surface area contributed by atoms with Gasteiger partial charge in [0.2, 0.25) is 0 Å². The van der Waals surface area contributed by atoms with Crippen LogP contribution < -0.4 is 11.5 Å². The molecule has 52 heavy (non-hydrogen) atoms. The summed E-state index contributed by atoms with van der Waals surface area (Å²) in [4.78, 5) is 15.9. The number of aliphatic hydroxyl groups is 2. The molecule has 8 nitrogen and oxygen atoms in total. The van der Waals surface area contributed by atoms with Crippen molar-refractivity contribution in [3.05, 3.63) is 212 Å². The van der Waals surface area contributed by atoms with Crippen molar-refractivity contribution in [1.82, 2.24) is 19.9 Å². The van der Waals surface area contributed by atoms with Crippen molar-refractivity contribution in [3.63, 3.8) is 0 Å². The highest BCUT2D eigenvalue weighted by Gasteiger charge is 2.11. The molecule has 264 valence electrons. The number of pyridine rings is 4. The van der Waals surface area contributed by atoms with E-state index in [1.807, 2.05) is 103 Å². The Morgan fingerprint density at radius 1 is 0.423 bits per heavy atom. The SMILES string of the molecule is Brc1cncc(Br)c1.Nc1cncc(C(O)c2ccccc2)c1.Nc1cncc(Cc2ccccc2)c1.OC(c1ccccc1)c1cncc(Br)c1. The van der Waals surface area contributed by atoms with Gasteiger partial charge >= 0.3 is 0 Å². The third-order valence-corrected chi connectivity index (χ3v) is 8.41. The summed E-state index contributed by atoms with van der Waals surface area (Å²) in [5, 5.41) is 20.1. The summed E-state index contributed by atoms with van der Waals surface area (Å²) >= 11 is 9.87. The second-order valence-corrected chi connectivity index (χ2v) is 14.0.